The van der Waals surface area contributed by atoms with E-state index >= 15 is 0 Å². The van der Waals surface area contributed by atoms with Crippen LogP contribution in [0.3, 0.4) is 0 Å². The summed E-state index contributed by atoms with van der Waals surface area (Å²) in [6, 6.07) is 82.0. The molecule has 1 nitrogen and oxygen atoms in total. The van der Waals surface area contributed by atoms with Crippen LogP contribution in [-0.2, 0) is 0 Å². The third-order valence-corrected chi connectivity index (χ3v) is 11.7. The molecule has 1 heteroatoms. The van der Waals surface area contributed by atoms with E-state index < -0.39 is 0 Å². The highest BCUT2D eigenvalue weighted by molar-refractivity contribution is 6.14. The van der Waals surface area contributed by atoms with E-state index in [2.05, 4.69) is 229 Å². The molecule has 0 amide bonds. The van der Waals surface area contributed by atoms with Crippen molar-refractivity contribution in [1.29, 1.82) is 0 Å². The number of nitrogens with zero attached hydrogens (tertiary/aromatic N) is 1. The molecular formula is C56H37N. The molecule has 266 valence electrons. The van der Waals surface area contributed by atoms with E-state index in [1.165, 1.54) is 87.2 Å². The molecule has 0 aliphatic carbocycles. The first-order valence-electron chi connectivity index (χ1n) is 19.7. The largest absolute Gasteiger partial charge is 0.310 e. The van der Waals surface area contributed by atoms with Crippen molar-refractivity contribution in [2.45, 2.75) is 0 Å². The first kappa shape index (κ1) is 32.9. The summed E-state index contributed by atoms with van der Waals surface area (Å²) in [6.45, 7) is 0. The molecule has 0 fully saturated rings. The number of fused-ring (bicyclic) bond motifs is 7. The fourth-order valence-corrected chi connectivity index (χ4v) is 8.76. The second-order valence-electron chi connectivity index (χ2n) is 14.9. The second-order valence-corrected chi connectivity index (χ2v) is 14.9. The average molecular weight is 724 g/mol. The molecule has 0 atom stereocenters. The maximum atomic E-state index is 2.41. The van der Waals surface area contributed by atoms with Gasteiger partial charge in [0.25, 0.3) is 0 Å². The van der Waals surface area contributed by atoms with Gasteiger partial charge < -0.3 is 4.90 Å². The van der Waals surface area contributed by atoms with Crippen LogP contribution >= 0.6 is 0 Å². The minimum Gasteiger partial charge on any atom is -0.310 e. The van der Waals surface area contributed by atoms with Crippen LogP contribution in [-0.4, -0.2) is 0 Å². The SMILES string of the molecule is c1ccc2cc(-c3ccc(-c4ccc(N(c5ccc(-c6cccc7c6ccc6ccccc67)cc5)c5cccc6c5ccc5ccccc56)cc4)cc3)ccc2c1. The minimum atomic E-state index is 1.11. The lowest BCUT2D eigenvalue weighted by atomic mass is 9.94. The molecule has 11 rings (SSSR count). The molecule has 11 aromatic carbocycles. The summed E-state index contributed by atoms with van der Waals surface area (Å²) in [6.07, 6.45) is 0. The van der Waals surface area contributed by atoms with Gasteiger partial charge in [0.15, 0.2) is 0 Å². The number of benzene rings is 11. The van der Waals surface area contributed by atoms with Crippen molar-refractivity contribution < 1.29 is 0 Å². The summed E-state index contributed by atoms with van der Waals surface area (Å²) in [5.74, 6) is 0. The molecule has 0 bridgehead atoms. The van der Waals surface area contributed by atoms with Crippen LogP contribution in [0.5, 0.6) is 0 Å². The standard InChI is InChI=1S/C56H37N/c1-2-12-45-37-46(24-23-38(45)9-1)41-21-19-39(20-22-41)40-25-31-47(32-26-40)57(56-18-8-17-53-50-14-6-4-11-43(50)30-36-55(53)56)48-33-27-44(28-34-48)51-15-7-16-52-49-13-5-3-10-42(49)29-35-54(51)52/h1-37H. The Morgan fingerprint density at radius 3 is 1.32 bits per heavy atom. The van der Waals surface area contributed by atoms with Gasteiger partial charge in [0.05, 0.1) is 5.69 Å². The zero-order valence-corrected chi connectivity index (χ0v) is 31.3. The molecule has 11 aromatic rings. The Bertz CT molecular complexity index is 3270. The molecule has 0 saturated heterocycles. The third kappa shape index (κ3) is 5.80. The van der Waals surface area contributed by atoms with Gasteiger partial charge in [-0.05, 0) is 118 Å². The molecular weight excluding hydrogens is 687 g/mol. The summed E-state index contributed by atoms with van der Waals surface area (Å²) >= 11 is 0. The van der Waals surface area contributed by atoms with Gasteiger partial charge >= 0.3 is 0 Å². The third-order valence-electron chi connectivity index (χ3n) is 11.7. The predicted octanol–water partition coefficient (Wildman–Crippen LogP) is 15.9. The average Bonchev–Trinajstić information content (AvgIpc) is 3.29. The van der Waals surface area contributed by atoms with Crippen molar-refractivity contribution in [2.75, 3.05) is 4.90 Å². The van der Waals surface area contributed by atoms with Crippen molar-refractivity contribution in [1.82, 2.24) is 0 Å². The first-order valence-corrected chi connectivity index (χ1v) is 19.7. The lowest BCUT2D eigenvalue weighted by molar-refractivity contribution is 1.30. The smallest absolute Gasteiger partial charge is 0.0540 e. The van der Waals surface area contributed by atoms with Gasteiger partial charge in [-0.25, -0.2) is 0 Å². The highest BCUT2D eigenvalue weighted by atomic mass is 15.1. The normalized spacial score (nSPS) is 11.5. The molecule has 57 heavy (non-hydrogen) atoms. The van der Waals surface area contributed by atoms with E-state index in [1.54, 1.807) is 0 Å². The number of anilines is 3. The zero-order chi connectivity index (χ0) is 37.7. The molecule has 0 radical (unpaired) electrons. The Balaban J connectivity index is 0.989. The van der Waals surface area contributed by atoms with E-state index in [0.717, 1.165) is 17.1 Å². The van der Waals surface area contributed by atoms with E-state index in [0.29, 0.717) is 0 Å². The van der Waals surface area contributed by atoms with Crippen LogP contribution in [0.15, 0.2) is 224 Å². The molecule has 0 saturated carbocycles. The van der Waals surface area contributed by atoms with Crippen LogP contribution < -0.4 is 4.90 Å². The Morgan fingerprint density at radius 1 is 0.228 bits per heavy atom. The van der Waals surface area contributed by atoms with Crippen molar-refractivity contribution in [3.8, 4) is 33.4 Å². The van der Waals surface area contributed by atoms with Gasteiger partial charge in [-0.15, -0.1) is 0 Å². The zero-order valence-electron chi connectivity index (χ0n) is 31.3. The maximum Gasteiger partial charge on any atom is 0.0540 e. The van der Waals surface area contributed by atoms with Gasteiger partial charge in [0.1, 0.15) is 0 Å². The van der Waals surface area contributed by atoms with Gasteiger partial charge in [0, 0.05) is 16.8 Å². The van der Waals surface area contributed by atoms with Gasteiger partial charge in [-0.1, -0.05) is 188 Å². The first-order chi connectivity index (χ1) is 28.2. The van der Waals surface area contributed by atoms with Crippen molar-refractivity contribution in [2.24, 2.45) is 0 Å². The summed E-state index contributed by atoms with van der Waals surface area (Å²) in [5, 5.41) is 12.6. The van der Waals surface area contributed by atoms with Crippen LogP contribution in [0, 0.1) is 0 Å². The number of hydrogen-bond donors (Lipinski definition) is 0. The minimum absolute atomic E-state index is 1.11. The Hall–Kier alpha value is -7.48. The molecule has 0 heterocycles. The molecule has 0 aliphatic heterocycles. The van der Waals surface area contributed by atoms with Crippen molar-refractivity contribution in [3.63, 3.8) is 0 Å². The summed E-state index contributed by atoms with van der Waals surface area (Å²) < 4.78 is 0. The molecule has 0 N–H and O–H groups in total. The highest BCUT2D eigenvalue weighted by Crippen LogP contribution is 2.42. The quantitative estimate of drug-likeness (QED) is 0.154. The Morgan fingerprint density at radius 2 is 0.667 bits per heavy atom. The predicted molar refractivity (Wildman–Crippen MR) is 245 cm³/mol. The van der Waals surface area contributed by atoms with E-state index in [9.17, 15) is 0 Å². The topological polar surface area (TPSA) is 3.24 Å². The lowest BCUT2D eigenvalue weighted by Crippen LogP contribution is -2.10. The fraction of sp³-hybridized carbons (Fsp3) is 0. The summed E-state index contributed by atoms with van der Waals surface area (Å²) in [5.41, 5.74) is 10.6. The monoisotopic (exact) mass is 723 g/mol. The van der Waals surface area contributed by atoms with Crippen molar-refractivity contribution >= 4 is 70.9 Å². The maximum absolute atomic E-state index is 2.41. The van der Waals surface area contributed by atoms with Crippen LogP contribution in [0.4, 0.5) is 17.1 Å². The van der Waals surface area contributed by atoms with E-state index in [-0.39, 0.29) is 0 Å². The lowest BCUT2D eigenvalue weighted by Gasteiger charge is -2.27. The van der Waals surface area contributed by atoms with E-state index in [4.69, 9.17) is 0 Å². The number of rotatable bonds is 6. The highest BCUT2D eigenvalue weighted by Gasteiger charge is 2.17. The van der Waals surface area contributed by atoms with Crippen LogP contribution in [0.2, 0.25) is 0 Å². The summed E-state index contributed by atoms with van der Waals surface area (Å²) in [4.78, 5) is 2.41. The Kier molecular flexibility index (Phi) is 7.89. The molecule has 0 unspecified atom stereocenters. The molecule has 0 aromatic heterocycles. The van der Waals surface area contributed by atoms with Gasteiger partial charge in [-0.3, -0.25) is 0 Å². The van der Waals surface area contributed by atoms with Gasteiger partial charge in [-0.2, -0.15) is 0 Å². The van der Waals surface area contributed by atoms with Crippen molar-refractivity contribution in [3.05, 3.63) is 224 Å². The second kappa shape index (κ2) is 13.7. The number of hydrogen-bond acceptors (Lipinski definition) is 1. The fourth-order valence-electron chi connectivity index (χ4n) is 8.76. The molecule has 0 spiro atoms. The Labute approximate surface area is 332 Å². The summed E-state index contributed by atoms with van der Waals surface area (Å²) in [7, 11) is 0. The molecule has 0 aliphatic rings. The van der Waals surface area contributed by atoms with Crippen LogP contribution in [0.25, 0.3) is 87.2 Å². The van der Waals surface area contributed by atoms with Gasteiger partial charge in [0.2, 0.25) is 0 Å². The van der Waals surface area contributed by atoms with Crippen LogP contribution in [0.1, 0.15) is 0 Å². The van der Waals surface area contributed by atoms with E-state index in [1.807, 2.05) is 0 Å².